The van der Waals surface area contributed by atoms with Crippen LogP contribution in [0.15, 0.2) is 24.3 Å². The predicted molar refractivity (Wildman–Crippen MR) is 74.8 cm³/mol. The van der Waals surface area contributed by atoms with Crippen molar-refractivity contribution >= 4 is 17.4 Å². The molecule has 1 unspecified atom stereocenters. The Morgan fingerprint density at radius 3 is 2.67 bits per heavy atom. The Hall–Kier alpha value is -0.860. The summed E-state index contributed by atoms with van der Waals surface area (Å²) >= 11 is 5.87. The van der Waals surface area contributed by atoms with Crippen LogP contribution in [0.3, 0.4) is 0 Å². The van der Waals surface area contributed by atoms with Crippen LogP contribution in [0.1, 0.15) is 37.7 Å². The zero-order valence-electron chi connectivity index (χ0n) is 10.9. The van der Waals surface area contributed by atoms with Gasteiger partial charge in [-0.05, 0) is 37.6 Å². The number of nitrogens with zero attached hydrogens (tertiary/aromatic N) is 1. The van der Waals surface area contributed by atoms with E-state index < -0.39 is 0 Å². The Labute approximate surface area is 114 Å². The van der Waals surface area contributed by atoms with Crippen LogP contribution in [0.5, 0.6) is 0 Å². The third kappa shape index (κ3) is 3.56. The molecule has 1 aliphatic carbocycles. The van der Waals surface area contributed by atoms with E-state index in [9.17, 15) is 4.79 Å². The lowest BCUT2D eigenvalue weighted by atomic mass is 10.1. The fourth-order valence-corrected chi connectivity index (χ4v) is 2.72. The van der Waals surface area contributed by atoms with Crippen molar-refractivity contribution in [3.8, 4) is 0 Å². The highest BCUT2D eigenvalue weighted by atomic mass is 35.5. The number of carbonyl (C=O) groups excluding carboxylic acids is 1. The summed E-state index contributed by atoms with van der Waals surface area (Å²) in [5, 5.41) is 0.756. The summed E-state index contributed by atoms with van der Waals surface area (Å²) in [4.78, 5) is 14.2. The van der Waals surface area contributed by atoms with Crippen LogP contribution >= 0.6 is 11.6 Å². The van der Waals surface area contributed by atoms with E-state index in [0.717, 1.165) is 30.8 Å². The van der Waals surface area contributed by atoms with Gasteiger partial charge in [-0.15, -0.1) is 0 Å². The van der Waals surface area contributed by atoms with E-state index in [1.54, 1.807) is 0 Å². The van der Waals surface area contributed by atoms with E-state index in [2.05, 4.69) is 4.90 Å². The smallest absolute Gasteiger partial charge is 0.149 e. The summed E-state index contributed by atoms with van der Waals surface area (Å²) in [6.07, 6.45) is 5.17. The number of hydrogen-bond acceptors (Lipinski definition) is 2. The number of hydrogen-bond donors (Lipinski definition) is 0. The molecule has 0 bridgehead atoms. The highest BCUT2D eigenvalue weighted by molar-refractivity contribution is 6.30. The number of likely N-dealkylation sites (N-methyl/N-ethyl adjacent to an activating group) is 1. The summed E-state index contributed by atoms with van der Waals surface area (Å²) in [5.74, 6) is 0.406. The van der Waals surface area contributed by atoms with Gasteiger partial charge in [-0.3, -0.25) is 9.69 Å². The van der Waals surface area contributed by atoms with Gasteiger partial charge in [0, 0.05) is 18.0 Å². The number of benzene rings is 1. The summed E-state index contributed by atoms with van der Waals surface area (Å²) < 4.78 is 0. The van der Waals surface area contributed by atoms with Gasteiger partial charge in [-0.1, -0.05) is 36.6 Å². The fraction of sp³-hybridized carbons (Fsp3) is 0.533. The monoisotopic (exact) mass is 265 g/mol. The largest absolute Gasteiger partial charge is 0.298 e. The first-order valence-corrected chi connectivity index (χ1v) is 7.02. The van der Waals surface area contributed by atoms with Gasteiger partial charge in [0.15, 0.2) is 0 Å². The van der Waals surface area contributed by atoms with Gasteiger partial charge >= 0.3 is 0 Å². The SMILES string of the molecule is CN(Cc1ccc(Cl)cc1)C1CCCCCC1=O. The molecular formula is C15H20ClNO. The Morgan fingerprint density at radius 2 is 1.94 bits per heavy atom. The van der Waals surface area contributed by atoms with Gasteiger partial charge in [0.2, 0.25) is 0 Å². The van der Waals surface area contributed by atoms with Crippen LogP contribution in [-0.2, 0) is 11.3 Å². The molecule has 0 spiro atoms. The molecule has 0 heterocycles. The zero-order valence-corrected chi connectivity index (χ0v) is 11.6. The Kier molecular flexibility index (Phi) is 4.79. The molecular weight excluding hydrogens is 246 g/mol. The van der Waals surface area contributed by atoms with E-state index in [4.69, 9.17) is 11.6 Å². The maximum Gasteiger partial charge on any atom is 0.149 e. The zero-order chi connectivity index (χ0) is 13.0. The molecule has 0 aliphatic heterocycles. The van der Waals surface area contributed by atoms with Crippen LogP contribution in [-0.4, -0.2) is 23.8 Å². The van der Waals surface area contributed by atoms with Gasteiger partial charge in [0.25, 0.3) is 0 Å². The topological polar surface area (TPSA) is 20.3 Å². The highest BCUT2D eigenvalue weighted by Crippen LogP contribution is 2.20. The number of Topliss-reactive ketones (excluding diaryl/α,β-unsaturated/α-hetero) is 1. The second kappa shape index (κ2) is 6.35. The summed E-state index contributed by atoms with van der Waals surface area (Å²) in [7, 11) is 2.04. The Balaban J connectivity index is 1.99. The normalized spacial score (nSPS) is 21.1. The summed E-state index contributed by atoms with van der Waals surface area (Å²) in [6.45, 7) is 0.813. The van der Waals surface area contributed by atoms with Gasteiger partial charge in [-0.25, -0.2) is 0 Å². The quantitative estimate of drug-likeness (QED) is 0.777. The van der Waals surface area contributed by atoms with Gasteiger partial charge in [0.05, 0.1) is 6.04 Å². The lowest BCUT2D eigenvalue weighted by molar-refractivity contribution is -0.123. The van der Waals surface area contributed by atoms with Gasteiger partial charge in [0.1, 0.15) is 5.78 Å². The molecule has 1 saturated carbocycles. The lowest BCUT2D eigenvalue weighted by Gasteiger charge is -2.25. The molecule has 18 heavy (non-hydrogen) atoms. The molecule has 0 N–H and O–H groups in total. The number of ketones is 1. The second-order valence-corrected chi connectivity index (χ2v) is 5.56. The maximum atomic E-state index is 12.0. The molecule has 0 aromatic heterocycles. The molecule has 3 heteroatoms. The molecule has 1 aromatic rings. The summed E-state index contributed by atoms with van der Waals surface area (Å²) in [6, 6.07) is 7.96. The number of halogens is 1. The van der Waals surface area contributed by atoms with E-state index in [1.165, 1.54) is 18.4 Å². The third-order valence-corrected chi connectivity index (χ3v) is 3.90. The first kappa shape index (κ1) is 13.6. The van der Waals surface area contributed by atoms with Crippen molar-refractivity contribution in [2.24, 2.45) is 0 Å². The van der Waals surface area contributed by atoms with Crippen LogP contribution in [0.4, 0.5) is 0 Å². The molecule has 2 nitrogen and oxygen atoms in total. The molecule has 0 amide bonds. The van der Waals surface area contributed by atoms with Crippen molar-refractivity contribution in [1.82, 2.24) is 4.90 Å². The average Bonchev–Trinajstić information content (AvgIpc) is 2.57. The van der Waals surface area contributed by atoms with Crippen LogP contribution in [0.25, 0.3) is 0 Å². The average molecular weight is 266 g/mol. The molecule has 98 valence electrons. The lowest BCUT2D eigenvalue weighted by Crippen LogP contribution is -2.37. The standard InChI is InChI=1S/C15H20ClNO/c1-17(11-12-7-9-13(16)10-8-12)14-5-3-2-4-6-15(14)18/h7-10,14H,2-6,11H2,1H3. The van der Waals surface area contributed by atoms with Gasteiger partial charge in [-0.2, -0.15) is 0 Å². The van der Waals surface area contributed by atoms with Crippen LogP contribution < -0.4 is 0 Å². The number of rotatable bonds is 3. The predicted octanol–water partition coefficient (Wildman–Crippen LogP) is 3.67. The highest BCUT2D eigenvalue weighted by Gasteiger charge is 2.24. The van der Waals surface area contributed by atoms with Crippen molar-refractivity contribution in [1.29, 1.82) is 0 Å². The minimum Gasteiger partial charge on any atom is -0.298 e. The van der Waals surface area contributed by atoms with E-state index in [-0.39, 0.29) is 6.04 Å². The van der Waals surface area contributed by atoms with Crippen molar-refractivity contribution in [3.05, 3.63) is 34.9 Å². The molecule has 1 atom stereocenters. The third-order valence-electron chi connectivity index (χ3n) is 3.65. The maximum absolute atomic E-state index is 12.0. The molecule has 2 rings (SSSR count). The molecule has 0 saturated heterocycles. The van der Waals surface area contributed by atoms with Crippen molar-refractivity contribution in [2.75, 3.05) is 7.05 Å². The molecule has 0 radical (unpaired) electrons. The first-order valence-electron chi connectivity index (χ1n) is 6.64. The van der Waals surface area contributed by atoms with Crippen molar-refractivity contribution < 1.29 is 4.79 Å². The van der Waals surface area contributed by atoms with Crippen LogP contribution in [0, 0.1) is 0 Å². The first-order chi connectivity index (χ1) is 8.66. The molecule has 1 aliphatic rings. The minimum absolute atomic E-state index is 0.100. The van der Waals surface area contributed by atoms with Crippen molar-refractivity contribution in [3.63, 3.8) is 0 Å². The second-order valence-electron chi connectivity index (χ2n) is 5.12. The van der Waals surface area contributed by atoms with Crippen molar-refractivity contribution in [2.45, 2.75) is 44.7 Å². The van der Waals surface area contributed by atoms with E-state index >= 15 is 0 Å². The van der Waals surface area contributed by atoms with Crippen LogP contribution in [0.2, 0.25) is 5.02 Å². The molecule has 1 aromatic carbocycles. The summed E-state index contributed by atoms with van der Waals surface area (Å²) in [5.41, 5.74) is 1.21. The van der Waals surface area contributed by atoms with E-state index in [1.807, 2.05) is 31.3 Å². The fourth-order valence-electron chi connectivity index (χ4n) is 2.60. The van der Waals surface area contributed by atoms with E-state index in [0.29, 0.717) is 5.78 Å². The Bertz CT molecular complexity index is 401. The Morgan fingerprint density at radius 1 is 1.22 bits per heavy atom. The van der Waals surface area contributed by atoms with Gasteiger partial charge < -0.3 is 0 Å². The number of carbonyl (C=O) groups is 1. The minimum atomic E-state index is 0.100. The molecule has 1 fully saturated rings.